The minimum absolute atomic E-state index is 0. The summed E-state index contributed by atoms with van der Waals surface area (Å²) in [4.78, 5) is 4.56. The molecule has 0 amide bonds. The summed E-state index contributed by atoms with van der Waals surface area (Å²) in [6, 6.07) is 24.6. The van der Waals surface area contributed by atoms with Crippen LogP contribution in [0.15, 0.2) is 77.8 Å². The van der Waals surface area contributed by atoms with Gasteiger partial charge in [-0.25, -0.2) is 17.8 Å². The van der Waals surface area contributed by atoms with Crippen molar-refractivity contribution in [1.82, 2.24) is 0 Å². The van der Waals surface area contributed by atoms with E-state index in [-0.39, 0.29) is 20.1 Å². The first kappa shape index (κ1) is 27.1. The molecule has 0 saturated heterocycles. The Morgan fingerprint density at radius 3 is 1.97 bits per heavy atom. The number of fused-ring (bicyclic) bond motifs is 2. The van der Waals surface area contributed by atoms with Gasteiger partial charge in [0.15, 0.2) is 0 Å². The molecule has 207 valence electrons. The summed E-state index contributed by atoms with van der Waals surface area (Å²) in [6.07, 6.45) is 14.8. The topological polar surface area (TPSA) is 21.6 Å². The first-order chi connectivity index (χ1) is 19.6. The number of ether oxygens (including phenoxy) is 1. The number of hydrogen-bond donors (Lipinski definition) is 0. The maximum Gasteiger partial charge on any atom is 0.269 e. The molecule has 4 aromatic carbocycles. The fraction of sp³-hybridized carbons (Fsp3) is 0.286. The molecule has 39 heavy (non-hydrogen) atoms. The Kier molecular flexibility index (Phi) is 10.1. The summed E-state index contributed by atoms with van der Waals surface area (Å²) in [5.74, 6) is 2.19. The zero-order valence-corrected chi connectivity index (χ0v) is 26.2. The van der Waals surface area contributed by atoms with E-state index >= 15 is 0 Å². The maximum absolute atomic E-state index is 8.28. The van der Waals surface area contributed by atoms with E-state index in [2.05, 4.69) is 80.9 Å². The molecule has 1 fully saturated rings. The standard InChI is InChI=1S/C23H18NOP.C12H20.Ir/c26-20-12-10-16-6-2-4-8-18(16)22(20)21-17-7-3-1-5-15(17)9-11-19(21)23-24-13-14-25-23;1-3-11-7-5-6-8-12(4-2)10-9-11;/h1-12H,13-14,26H2;3-4,7-8,11-12H,5-6,9-10H2,1-2H3;/q;-4;/p+1/i26D2;;. The molecule has 4 heteroatoms. The monoisotopic (exact) mass is 715 g/mol. The van der Waals surface area contributed by atoms with E-state index in [1.807, 2.05) is 36.4 Å². The normalized spacial score (nSPS) is 20.0. The van der Waals surface area contributed by atoms with Crippen molar-refractivity contribution < 1.29 is 24.8 Å². The molecule has 2 atom stereocenters. The molecule has 1 aliphatic heterocycles. The van der Waals surface area contributed by atoms with Gasteiger partial charge in [-0.05, 0) is 33.7 Å². The van der Waals surface area contributed by atoms with Gasteiger partial charge in [-0.1, -0.05) is 60.7 Å². The van der Waals surface area contributed by atoms with E-state index < -0.39 is 9.13 Å². The molecule has 0 spiro atoms. The second-order valence-corrected chi connectivity index (χ2v) is 10.6. The quantitative estimate of drug-likeness (QED) is 0.151. The van der Waals surface area contributed by atoms with Gasteiger partial charge in [-0.15, -0.1) is 12.8 Å². The van der Waals surface area contributed by atoms with E-state index in [4.69, 9.17) is 7.29 Å². The summed E-state index contributed by atoms with van der Waals surface area (Å²) in [5, 5.41) is 5.19. The largest absolute Gasteiger partial charge is 0.475 e. The Balaban J connectivity index is 0.000000253. The van der Waals surface area contributed by atoms with Crippen molar-refractivity contribution in [2.24, 2.45) is 16.8 Å². The van der Waals surface area contributed by atoms with Crippen LogP contribution in [-0.4, -0.2) is 21.6 Å². The second-order valence-electron chi connectivity index (χ2n) is 10.1. The molecular weight excluding hydrogens is 674 g/mol. The second kappa shape index (κ2) is 14.5. The van der Waals surface area contributed by atoms with E-state index in [0.29, 0.717) is 19.0 Å². The van der Waals surface area contributed by atoms with Crippen molar-refractivity contribution >= 4 is 41.9 Å². The van der Waals surface area contributed by atoms with Crippen molar-refractivity contribution in [2.75, 3.05) is 13.2 Å². The summed E-state index contributed by atoms with van der Waals surface area (Å²) < 4.78 is 22.4. The van der Waals surface area contributed by atoms with Gasteiger partial charge in [0, 0.05) is 45.9 Å². The van der Waals surface area contributed by atoms with Crippen LogP contribution in [0.2, 0.25) is 0 Å². The first-order valence-electron chi connectivity index (χ1n) is 14.9. The van der Waals surface area contributed by atoms with Gasteiger partial charge in [-0.3, -0.25) is 11.8 Å². The third kappa shape index (κ3) is 7.00. The molecule has 2 nitrogen and oxygen atoms in total. The third-order valence-electron chi connectivity index (χ3n) is 7.72. The van der Waals surface area contributed by atoms with Gasteiger partial charge in [0.25, 0.3) is 2.56 Å². The average molecular weight is 715 g/mol. The molecule has 4 aromatic rings. The molecule has 0 bridgehead atoms. The number of benzene rings is 4. The van der Waals surface area contributed by atoms with Crippen LogP contribution in [0.5, 0.6) is 0 Å². The van der Waals surface area contributed by atoms with Crippen molar-refractivity contribution in [3.63, 3.8) is 0 Å². The predicted octanol–water partition coefficient (Wildman–Crippen LogP) is 8.32. The zero-order chi connectivity index (χ0) is 27.9. The van der Waals surface area contributed by atoms with E-state index in [1.54, 1.807) is 0 Å². The van der Waals surface area contributed by atoms with Gasteiger partial charge in [0.2, 0.25) is 5.90 Å². The van der Waals surface area contributed by atoms with Crippen LogP contribution in [0.4, 0.5) is 0 Å². The summed E-state index contributed by atoms with van der Waals surface area (Å²) in [5.41, 5.74) is 2.94. The third-order valence-corrected chi connectivity index (χ3v) is 8.14. The first-order valence-corrected chi connectivity index (χ1v) is 14.4. The van der Waals surface area contributed by atoms with Gasteiger partial charge < -0.3 is 30.4 Å². The molecule has 0 N–H and O–H groups in total. The van der Waals surface area contributed by atoms with Crippen LogP contribution in [0.25, 0.3) is 32.7 Å². The molecule has 1 heterocycles. The number of hydrogen-bond acceptors (Lipinski definition) is 2. The van der Waals surface area contributed by atoms with E-state index in [9.17, 15) is 0 Å². The van der Waals surface area contributed by atoms with Crippen LogP contribution in [-0.2, 0) is 24.8 Å². The Hall–Kier alpha value is -2.05. The molecule has 2 aliphatic rings. The summed E-state index contributed by atoms with van der Waals surface area (Å²) >= 11 is 0. The molecule has 6 rings (SSSR count). The summed E-state index contributed by atoms with van der Waals surface area (Å²) in [6.45, 7) is 5.61. The number of aliphatic imine (C=N–C) groups is 1. The molecule has 0 aromatic heterocycles. The Labute approximate surface area is 253 Å². The van der Waals surface area contributed by atoms with Crippen molar-refractivity contribution in [3.8, 4) is 11.1 Å². The zero-order valence-electron chi connectivity index (χ0n) is 24.8. The minimum atomic E-state index is -2.17. The molecular formula is C35H39IrNOP-3. The Bertz CT molecular complexity index is 1460. The summed E-state index contributed by atoms with van der Waals surface area (Å²) in [7, 11) is -2.17. The van der Waals surface area contributed by atoms with Crippen LogP contribution in [0, 0.1) is 37.5 Å². The Morgan fingerprint density at radius 2 is 1.41 bits per heavy atom. The van der Waals surface area contributed by atoms with Gasteiger partial charge in [-0.2, -0.15) is 13.8 Å². The molecule has 1 radical (unpaired) electrons. The van der Waals surface area contributed by atoms with Crippen LogP contribution in [0.1, 0.15) is 45.1 Å². The fourth-order valence-corrected chi connectivity index (χ4v) is 5.95. The smallest absolute Gasteiger partial charge is 0.269 e. The maximum atomic E-state index is 8.28. The van der Waals surface area contributed by atoms with E-state index in [0.717, 1.165) is 55.4 Å². The van der Waals surface area contributed by atoms with Crippen molar-refractivity contribution in [2.45, 2.75) is 39.5 Å². The van der Waals surface area contributed by atoms with Crippen molar-refractivity contribution in [3.05, 3.63) is 104 Å². The fourth-order valence-electron chi connectivity index (χ4n) is 5.60. The van der Waals surface area contributed by atoms with Crippen molar-refractivity contribution in [1.29, 1.82) is 2.56 Å². The minimum Gasteiger partial charge on any atom is -0.475 e. The number of rotatable bonds is 5. The molecule has 2 unspecified atom stereocenters. The van der Waals surface area contributed by atoms with Crippen LogP contribution >= 0.6 is 9.13 Å². The number of nitrogens with zero attached hydrogens (tertiary/aromatic N) is 1. The van der Waals surface area contributed by atoms with Gasteiger partial charge in [0.05, 0.1) is 11.8 Å². The average Bonchev–Trinajstić information content (AvgIpc) is 3.52. The SMILES string of the molecule is C[CH-]C1[CH-]CC[CH-]C([CH-]C)CC1.[2H][PH+]([2H])c1ccc2ccccc2c1-c1c(C2=NCCO2)ccc2ccccc12.[Ir]. The van der Waals surface area contributed by atoms with Gasteiger partial charge >= 0.3 is 0 Å². The Morgan fingerprint density at radius 1 is 0.821 bits per heavy atom. The van der Waals surface area contributed by atoms with Crippen LogP contribution in [0.3, 0.4) is 0 Å². The molecule has 1 saturated carbocycles. The van der Waals surface area contributed by atoms with Gasteiger partial charge in [0.1, 0.15) is 6.61 Å². The van der Waals surface area contributed by atoms with E-state index in [1.165, 1.54) is 25.7 Å². The predicted molar refractivity (Wildman–Crippen MR) is 169 cm³/mol. The van der Waals surface area contributed by atoms with Crippen LogP contribution < -0.4 is 5.30 Å². The molecule has 1 aliphatic carbocycles.